The number of ether oxygens (including phenoxy) is 1. The maximum atomic E-state index is 12.8. The SMILES string of the molecule is COc1ccc([C@@H](C)NC(=O)CN(c2ccc(C34CC5CC(CC(C5)C3)C4)cc2)S(C)(=O)=O)cc1. The van der Waals surface area contributed by atoms with Gasteiger partial charge in [0.25, 0.3) is 0 Å². The summed E-state index contributed by atoms with van der Waals surface area (Å²) in [6.45, 7) is 1.63. The van der Waals surface area contributed by atoms with Gasteiger partial charge in [0.2, 0.25) is 15.9 Å². The Hall–Kier alpha value is -2.54. The zero-order valence-corrected chi connectivity index (χ0v) is 21.7. The Bertz CT molecular complexity index is 1140. The van der Waals surface area contributed by atoms with Crippen LogP contribution in [0.1, 0.15) is 62.6 Å². The van der Waals surface area contributed by atoms with E-state index < -0.39 is 10.0 Å². The number of anilines is 1. The molecule has 7 heteroatoms. The van der Waals surface area contributed by atoms with Gasteiger partial charge in [-0.1, -0.05) is 24.3 Å². The lowest BCUT2D eigenvalue weighted by Crippen LogP contribution is -2.48. The number of carbonyl (C=O) groups is 1. The molecule has 2 aromatic rings. The molecule has 2 aromatic carbocycles. The third-order valence-corrected chi connectivity index (χ3v) is 9.63. The number of rotatable bonds is 8. The molecule has 6 nitrogen and oxygen atoms in total. The summed E-state index contributed by atoms with van der Waals surface area (Å²) in [5, 5.41) is 2.92. The number of sulfonamides is 1. The molecule has 0 heterocycles. The van der Waals surface area contributed by atoms with Crippen molar-refractivity contribution in [1.82, 2.24) is 5.32 Å². The fourth-order valence-electron chi connectivity index (χ4n) is 7.24. The van der Waals surface area contributed by atoms with E-state index in [1.807, 2.05) is 43.3 Å². The maximum Gasteiger partial charge on any atom is 0.241 e. The van der Waals surface area contributed by atoms with E-state index in [-0.39, 0.29) is 23.9 Å². The summed E-state index contributed by atoms with van der Waals surface area (Å²) in [5.74, 6) is 2.95. The first-order chi connectivity index (χ1) is 16.6. The van der Waals surface area contributed by atoms with Gasteiger partial charge in [0, 0.05) is 0 Å². The molecule has 0 unspecified atom stereocenters. The van der Waals surface area contributed by atoms with E-state index in [1.165, 1.54) is 48.4 Å². The van der Waals surface area contributed by atoms with E-state index in [1.54, 1.807) is 7.11 Å². The van der Waals surface area contributed by atoms with E-state index in [4.69, 9.17) is 4.74 Å². The topological polar surface area (TPSA) is 75.7 Å². The van der Waals surface area contributed by atoms with Crippen molar-refractivity contribution >= 4 is 21.6 Å². The molecular weight excluding hydrogens is 460 g/mol. The predicted octanol–water partition coefficient (Wildman–Crippen LogP) is 4.81. The van der Waals surface area contributed by atoms with Crippen LogP contribution < -0.4 is 14.4 Å². The quantitative estimate of drug-likeness (QED) is 0.569. The van der Waals surface area contributed by atoms with Crippen molar-refractivity contribution < 1.29 is 17.9 Å². The van der Waals surface area contributed by atoms with Gasteiger partial charge in [0.1, 0.15) is 12.3 Å². The standard InChI is InChI=1S/C28H36N2O4S/c1-19(23-4-10-26(34-2)11-5-23)29-27(31)18-30(35(3,32)33)25-8-6-24(7-9-25)28-15-20-12-21(16-28)14-22(13-20)17-28/h4-11,19-22H,12-18H2,1-3H3,(H,29,31)/t19-,20?,21?,22?,28?/m1/s1. The normalized spacial score (nSPS) is 27.9. The van der Waals surface area contributed by atoms with Gasteiger partial charge in [-0.2, -0.15) is 0 Å². The number of amides is 1. The molecule has 0 aliphatic heterocycles. The molecule has 0 spiro atoms. The van der Waals surface area contributed by atoms with Crippen LogP contribution in [0.3, 0.4) is 0 Å². The Kier molecular flexibility index (Phi) is 6.32. The summed E-state index contributed by atoms with van der Waals surface area (Å²) in [4.78, 5) is 12.8. The Morgan fingerprint density at radius 2 is 1.54 bits per heavy atom. The fourth-order valence-corrected chi connectivity index (χ4v) is 8.10. The minimum atomic E-state index is -3.62. The Morgan fingerprint density at radius 1 is 1.00 bits per heavy atom. The zero-order valence-electron chi connectivity index (χ0n) is 20.9. The van der Waals surface area contributed by atoms with Crippen LogP contribution in [-0.4, -0.2) is 34.2 Å². The molecule has 4 fully saturated rings. The third-order valence-electron chi connectivity index (χ3n) is 8.49. The largest absolute Gasteiger partial charge is 0.497 e. The lowest BCUT2D eigenvalue weighted by atomic mass is 9.48. The number of hydrogen-bond acceptors (Lipinski definition) is 4. The maximum absolute atomic E-state index is 12.8. The average molecular weight is 497 g/mol. The van der Waals surface area contributed by atoms with Gasteiger partial charge >= 0.3 is 0 Å². The molecule has 1 N–H and O–H groups in total. The summed E-state index contributed by atoms with van der Waals surface area (Å²) in [6.07, 6.45) is 9.12. The number of nitrogens with one attached hydrogen (secondary N) is 1. The van der Waals surface area contributed by atoms with Gasteiger partial charge in [0.15, 0.2) is 0 Å². The number of carbonyl (C=O) groups excluding carboxylic acids is 1. The molecule has 1 amide bonds. The van der Waals surface area contributed by atoms with Gasteiger partial charge in [-0.15, -0.1) is 0 Å². The summed E-state index contributed by atoms with van der Waals surface area (Å²) in [6, 6.07) is 15.2. The van der Waals surface area contributed by atoms with Crippen LogP contribution in [0.2, 0.25) is 0 Å². The smallest absolute Gasteiger partial charge is 0.241 e. The molecule has 0 saturated heterocycles. The molecule has 1 atom stereocenters. The van der Waals surface area contributed by atoms with Crippen molar-refractivity contribution in [2.45, 2.75) is 56.9 Å². The Labute approximate surface area is 209 Å². The zero-order chi connectivity index (χ0) is 24.8. The summed E-state index contributed by atoms with van der Waals surface area (Å²) in [7, 11) is -2.02. The van der Waals surface area contributed by atoms with Crippen LogP contribution in [0, 0.1) is 17.8 Å². The molecule has 6 rings (SSSR count). The van der Waals surface area contributed by atoms with Crippen molar-refractivity contribution in [1.29, 1.82) is 0 Å². The van der Waals surface area contributed by atoms with E-state index in [9.17, 15) is 13.2 Å². The highest BCUT2D eigenvalue weighted by Crippen LogP contribution is 2.60. The Balaban J connectivity index is 1.29. The summed E-state index contributed by atoms with van der Waals surface area (Å²) >= 11 is 0. The lowest BCUT2D eigenvalue weighted by molar-refractivity contribution is -0.120. The lowest BCUT2D eigenvalue weighted by Gasteiger charge is -2.57. The number of hydrogen-bond donors (Lipinski definition) is 1. The molecule has 188 valence electrons. The van der Waals surface area contributed by atoms with Crippen LogP contribution in [0.5, 0.6) is 5.75 Å². The van der Waals surface area contributed by atoms with Crippen molar-refractivity contribution in [2.24, 2.45) is 17.8 Å². The van der Waals surface area contributed by atoms with Gasteiger partial charge in [-0.05, 0) is 104 Å². The average Bonchev–Trinajstić information content (AvgIpc) is 2.81. The van der Waals surface area contributed by atoms with Crippen LogP contribution >= 0.6 is 0 Å². The minimum Gasteiger partial charge on any atom is -0.497 e. The molecule has 0 radical (unpaired) electrons. The van der Waals surface area contributed by atoms with Crippen LogP contribution in [-0.2, 0) is 20.2 Å². The van der Waals surface area contributed by atoms with E-state index >= 15 is 0 Å². The molecule has 0 aromatic heterocycles. The molecule has 4 aliphatic rings. The Morgan fingerprint density at radius 3 is 2.03 bits per heavy atom. The third kappa shape index (κ3) is 4.92. The van der Waals surface area contributed by atoms with E-state index in [2.05, 4.69) is 17.4 Å². The molecule has 4 bridgehead atoms. The first-order valence-corrected chi connectivity index (χ1v) is 14.5. The molecule has 4 saturated carbocycles. The molecular formula is C28H36N2O4S. The highest BCUT2D eigenvalue weighted by Gasteiger charge is 2.51. The van der Waals surface area contributed by atoms with E-state index in [0.717, 1.165) is 35.3 Å². The number of methoxy groups -OCH3 is 1. The second-order valence-electron chi connectivity index (χ2n) is 11.1. The second kappa shape index (κ2) is 9.16. The van der Waals surface area contributed by atoms with Gasteiger partial charge in [-0.3, -0.25) is 9.10 Å². The van der Waals surface area contributed by atoms with Crippen molar-refractivity contribution in [3.63, 3.8) is 0 Å². The highest BCUT2D eigenvalue weighted by molar-refractivity contribution is 7.92. The van der Waals surface area contributed by atoms with Crippen LogP contribution in [0.25, 0.3) is 0 Å². The minimum absolute atomic E-state index is 0.254. The van der Waals surface area contributed by atoms with Crippen molar-refractivity contribution in [3.05, 3.63) is 59.7 Å². The van der Waals surface area contributed by atoms with Crippen molar-refractivity contribution in [2.75, 3.05) is 24.2 Å². The molecule has 4 aliphatic carbocycles. The number of nitrogens with zero attached hydrogens (tertiary/aromatic N) is 1. The van der Waals surface area contributed by atoms with E-state index in [0.29, 0.717) is 5.69 Å². The van der Waals surface area contributed by atoms with Gasteiger partial charge in [-0.25, -0.2) is 8.42 Å². The molecule has 35 heavy (non-hydrogen) atoms. The van der Waals surface area contributed by atoms with Crippen molar-refractivity contribution in [3.8, 4) is 5.75 Å². The highest BCUT2D eigenvalue weighted by atomic mass is 32.2. The monoisotopic (exact) mass is 496 g/mol. The first-order valence-electron chi connectivity index (χ1n) is 12.7. The predicted molar refractivity (Wildman–Crippen MR) is 138 cm³/mol. The second-order valence-corrected chi connectivity index (χ2v) is 13.0. The fraction of sp³-hybridized carbons (Fsp3) is 0.536. The van der Waals surface area contributed by atoms with Crippen LogP contribution in [0.15, 0.2) is 48.5 Å². The summed E-state index contributed by atoms with van der Waals surface area (Å²) in [5.41, 5.74) is 3.05. The number of benzene rings is 2. The van der Waals surface area contributed by atoms with Gasteiger partial charge in [0.05, 0.1) is 25.1 Å². The summed E-state index contributed by atoms with van der Waals surface area (Å²) < 4.78 is 31.7. The first kappa shape index (κ1) is 24.2. The van der Waals surface area contributed by atoms with Crippen LogP contribution in [0.4, 0.5) is 5.69 Å². The van der Waals surface area contributed by atoms with Gasteiger partial charge < -0.3 is 10.1 Å².